The van der Waals surface area contributed by atoms with Gasteiger partial charge in [0.05, 0.1) is 0 Å². The quantitative estimate of drug-likeness (QED) is 0.616. The number of nitrogens with zero attached hydrogens (tertiary/aromatic N) is 1. The normalized spacial score (nSPS) is 29.5. The van der Waals surface area contributed by atoms with E-state index in [0.29, 0.717) is 0 Å². The summed E-state index contributed by atoms with van der Waals surface area (Å²) in [5.74, 6) is 0. The van der Waals surface area contributed by atoms with E-state index in [9.17, 15) is 0 Å². The van der Waals surface area contributed by atoms with Gasteiger partial charge in [0.15, 0.2) is 0 Å². The summed E-state index contributed by atoms with van der Waals surface area (Å²) in [5.41, 5.74) is 3.49. The molecule has 2 nitrogen and oxygen atoms in total. The molecule has 2 aliphatic rings. The standard InChI is InChI=1S/C9H18N2/c1-2-6-9(5-1)11-8-4-3-7-10-11/h9-10H,1-8H2. The van der Waals surface area contributed by atoms with Crippen LogP contribution in [0.15, 0.2) is 0 Å². The van der Waals surface area contributed by atoms with Gasteiger partial charge in [-0.05, 0) is 25.7 Å². The van der Waals surface area contributed by atoms with Crippen molar-refractivity contribution < 1.29 is 0 Å². The average Bonchev–Trinajstić information content (AvgIpc) is 2.58. The maximum absolute atomic E-state index is 3.49. The number of hydrazine groups is 1. The van der Waals surface area contributed by atoms with E-state index in [0.717, 1.165) is 6.04 Å². The van der Waals surface area contributed by atoms with E-state index in [4.69, 9.17) is 0 Å². The van der Waals surface area contributed by atoms with Gasteiger partial charge in [-0.15, -0.1) is 0 Å². The summed E-state index contributed by atoms with van der Waals surface area (Å²) < 4.78 is 0. The van der Waals surface area contributed by atoms with E-state index in [1.807, 2.05) is 0 Å². The molecule has 1 N–H and O–H groups in total. The van der Waals surface area contributed by atoms with Gasteiger partial charge >= 0.3 is 0 Å². The smallest absolute Gasteiger partial charge is 0.0243 e. The number of nitrogens with one attached hydrogen (secondary N) is 1. The Hall–Kier alpha value is -0.0800. The van der Waals surface area contributed by atoms with E-state index in [1.165, 1.54) is 51.6 Å². The Labute approximate surface area is 68.9 Å². The lowest BCUT2D eigenvalue weighted by atomic mass is 10.2. The third-order valence-corrected chi connectivity index (χ3v) is 2.91. The maximum atomic E-state index is 3.49. The van der Waals surface area contributed by atoms with Crippen molar-refractivity contribution in [3.63, 3.8) is 0 Å². The third kappa shape index (κ3) is 1.74. The van der Waals surface area contributed by atoms with Crippen molar-refractivity contribution in [3.8, 4) is 0 Å². The lowest BCUT2D eigenvalue weighted by molar-refractivity contribution is 0.0984. The van der Waals surface area contributed by atoms with Gasteiger partial charge in [-0.3, -0.25) is 5.43 Å². The van der Waals surface area contributed by atoms with E-state index in [2.05, 4.69) is 10.4 Å². The molecule has 0 atom stereocenters. The van der Waals surface area contributed by atoms with Gasteiger partial charge in [0, 0.05) is 19.1 Å². The van der Waals surface area contributed by atoms with Crippen molar-refractivity contribution in [2.75, 3.05) is 13.1 Å². The van der Waals surface area contributed by atoms with E-state index in [-0.39, 0.29) is 0 Å². The van der Waals surface area contributed by atoms with Crippen molar-refractivity contribution in [1.29, 1.82) is 0 Å². The van der Waals surface area contributed by atoms with Crippen molar-refractivity contribution in [2.24, 2.45) is 0 Å². The Bertz CT molecular complexity index is 113. The Morgan fingerprint density at radius 1 is 1.00 bits per heavy atom. The second-order valence-corrected chi connectivity index (χ2v) is 3.75. The Morgan fingerprint density at radius 3 is 2.45 bits per heavy atom. The zero-order valence-electron chi connectivity index (χ0n) is 7.18. The highest BCUT2D eigenvalue weighted by molar-refractivity contribution is 4.76. The molecule has 1 aliphatic heterocycles. The van der Waals surface area contributed by atoms with Crippen LogP contribution in [0.2, 0.25) is 0 Å². The molecule has 1 saturated carbocycles. The molecule has 0 bridgehead atoms. The highest BCUT2D eigenvalue weighted by Crippen LogP contribution is 2.23. The molecular weight excluding hydrogens is 136 g/mol. The third-order valence-electron chi connectivity index (χ3n) is 2.91. The zero-order chi connectivity index (χ0) is 7.52. The number of hydrogen-bond donors (Lipinski definition) is 1. The summed E-state index contributed by atoms with van der Waals surface area (Å²) in [6, 6.07) is 0.871. The van der Waals surface area contributed by atoms with Crippen LogP contribution in [-0.4, -0.2) is 24.1 Å². The molecule has 0 aromatic heterocycles. The SMILES string of the molecule is C1CCN(C2CCCC2)NC1. The van der Waals surface area contributed by atoms with Crippen LogP contribution in [0.1, 0.15) is 38.5 Å². The van der Waals surface area contributed by atoms with Crippen molar-refractivity contribution in [2.45, 2.75) is 44.6 Å². The highest BCUT2D eigenvalue weighted by atomic mass is 15.5. The first-order valence-corrected chi connectivity index (χ1v) is 4.97. The number of rotatable bonds is 1. The molecule has 11 heavy (non-hydrogen) atoms. The molecule has 2 rings (SSSR count). The van der Waals surface area contributed by atoms with Gasteiger partial charge in [-0.25, -0.2) is 5.01 Å². The maximum Gasteiger partial charge on any atom is 0.0243 e. The van der Waals surface area contributed by atoms with Crippen LogP contribution in [0.3, 0.4) is 0 Å². The highest BCUT2D eigenvalue weighted by Gasteiger charge is 2.23. The minimum atomic E-state index is 0.871. The summed E-state index contributed by atoms with van der Waals surface area (Å²) in [6.07, 6.45) is 8.50. The van der Waals surface area contributed by atoms with E-state index >= 15 is 0 Å². The van der Waals surface area contributed by atoms with Crippen LogP contribution in [0.5, 0.6) is 0 Å². The fourth-order valence-corrected chi connectivity index (χ4v) is 2.24. The largest absolute Gasteiger partial charge is 0.255 e. The summed E-state index contributed by atoms with van der Waals surface area (Å²) >= 11 is 0. The minimum absolute atomic E-state index is 0.871. The van der Waals surface area contributed by atoms with Gasteiger partial charge in [0.2, 0.25) is 0 Å². The Morgan fingerprint density at radius 2 is 1.82 bits per heavy atom. The molecule has 0 aromatic rings. The van der Waals surface area contributed by atoms with Gasteiger partial charge in [0.1, 0.15) is 0 Å². The molecule has 1 saturated heterocycles. The predicted molar refractivity (Wildman–Crippen MR) is 46.2 cm³/mol. The van der Waals surface area contributed by atoms with Crippen molar-refractivity contribution in [1.82, 2.24) is 10.4 Å². The van der Waals surface area contributed by atoms with E-state index in [1.54, 1.807) is 0 Å². The van der Waals surface area contributed by atoms with E-state index < -0.39 is 0 Å². The fourth-order valence-electron chi connectivity index (χ4n) is 2.24. The summed E-state index contributed by atoms with van der Waals surface area (Å²) in [7, 11) is 0. The minimum Gasteiger partial charge on any atom is -0.255 e. The molecule has 0 spiro atoms. The second kappa shape index (κ2) is 3.55. The van der Waals surface area contributed by atoms with Gasteiger partial charge < -0.3 is 0 Å². The van der Waals surface area contributed by atoms with Crippen molar-refractivity contribution >= 4 is 0 Å². The molecule has 1 aliphatic carbocycles. The first-order valence-electron chi connectivity index (χ1n) is 4.97. The molecule has 2 heteroatoms. The van der Waals surface area contributed by atoms with Crippen LogP contribution < -0.4 is 5.43 Å². The lowest BCUT2D eigenvalue weighted by Crippen LogP contribution is -2.48. The molecule has 0 amide bonds. The number of hydrogen-bond acceptors (Lipinski definition) is 2. The van der Waals surface area contributed by atoms with Crippen LogP contribution in [0.25, 0.3) is 0 Å². The Balaban J connectivity index is 1.82. The molecule has 64 valence electrons. The zero-order valence-corrected chi connectivity index (χ0v) is 7.18. The topological polar surface area (TPSA) is 15.3 Å². The summed E-state index contributed by atoms with van der Waals surface area (Å²) in [6.45, 7) is 2.49. The fraction of sp³-hybridized carbons (Fsp3) is 1.00. The summed E-state index contributed by atoms with van der Waals surface area (Å²) in [4.78, 5) is 0. The first kappa shape index (κ1) is 7.56. The molecular formula is C9H18N2. The lowest BCUT2D eigenvalue weighted by Gasteiger charge is -2.32. The van der Waals surface area contributed by atoms with Crippen LogP contribution >= 0.6 is 0 Å². The monoisotopic (exact) mass is 154 g/mol. The molecule has 0 aromatic carbocycles. The molecule has 0 radical (unpaired) electrons. The average molecular weight is 154 g/mol. The molecule has 0 unspecified atom stereocenters. The molecule has 2 fully saturated rings. The first-order chi connectivity index (χ1) is 5.47. The van der Waals surface area contributed by atoms with Gasteiger partial charge in [-0.1, -0.05) is 12.8 Å². The Kier molecular flexibility index (Phi) is 2.44. The van der Waals surface area contributed by atoms with Crippen LogP contribution in [0, 0.1) is 0 Å². The van der Waals surface area contributed by atoms with Crippen LogP contribution in [0.4, 0.5) is 0 Å². The van der Waals surface area contributed by atoms with Gasteiger partial charge in [-0.2, -0.15) is 0 Å². The van der Waals surface area contributed by atoms with Crippen molar-refractivity contribution in [3.05, 3.63) is 0 Å². The molecule has 1 heterocycles. The predicted octanol–water partition coefficient (Wildman–Crippen LogP) is 1.53. The van der Waals surface area contributed by atoms with Gasteiger partial charge in [0.25, 0.3) is 0 Å². The second-order valence-electron chi connectivity index (χ2n) is 3.75. The summed E-state index contributed by atoms with van der Waals surface area (Å²) in [5, 5.41) is 2.48. The van der Waals surface area contributed by atoms with Crippen LogP contribution in [-0.2, 0) is 0 Å².